The molecule has 0 aliphatic carbocycles. The average Bonchev–Trinajstić information content (AvgIpc) is 2.81. The zero-order valence-electron chi connectivity index (χ0n) is 10.4. The Kier molecular flexibility index (Phi) is 3.36. The van der Waals surface area contributed by atoms with Crippen molar-refractivity contribution in [2.24, 2.45) is 10.9 Å². The second kappa shape index (κ2) is 4.95. The molecule has 0 radical (unpaired) electrons. The highest BCUT2D eigenvalue weighted by molar-refractivity contribution is 5.80. The largest absolute Gasteiger partial charge is 0.423 e. The van der Waals surface area contributed by atoms with Crippen LogP contribution in [0.2, 0.25) is 0 Å². The first-order chi connectivity index (χ1) is 8.61. The minimum Gasteiger partial charge on any atom is -0.423 e. The molecule has 1 unspecified atom stereocenters. The number of nitrogens with zero attached hydrogens (tertiary/aromatic N) is 3. The first kappa shape index (κ1) is 12.2. The van der Waals surface area contributed by atoms with Crippen molar-refractivity contribution in [1.82, 2.24) is 4.98 Å². The molecule has 6 heteroatoms. The van der Waals surface area contributed by atoms with Gasteiger partial charge in [-0.2, -0.15) is 4.98 Å². The van der Waals surface area contributed by atoms with Crippen LogP contribution in [0.1, 0.15) is 13.3 Å². The highest BCUT2D eigenvalue weighted by atomic mass is 16.4. The van der Waals surface area contributed by atoms with Gasteiger partial charge in [-0.05, 0) is 19.1 Å². The molecule has 1 aromatic heterocycles. The highest BCUT2D eigenvalue weighted by Gasteiger charge is 2.17. The SMILES string of the molecule is CC(C/C(N)=N/O)N(C)c1nc2ccccc2o1. The van der Waals surface area contributed by atoms with Crippen molar-refractivity contribution in [3.05, 3.63) is 24.3 Å². The van der Waals surface area contributed by atoms with Gasteiger partial charge >= 0.3 is 0 Å². The lowest BCUT2D eigenvalue weighted by atomic mass is 10.2. The number of oxime groups is 1. The van der Waals surface area contributed by atoms with E-state index in [9.17, 15) is 0 Å². The summed E-state index contributed by atoms with van der Waals surface area (Å²) in [5, 5.41) is 11.5. The summed E-state index contributed by atoms with van der Waals surface area (Å²) in [6.45, 7) is 1.95. The van der Waals surface area contributed by atoms with Crippen LogP contribution in [0.4, 0.5) is 6.01 Å². The van der Waals surface area contributed by atoms with Gasteiger partial charge in [0, 0.05) is 19.5 Å². The van der Waals surface area contributed by atoms with Crippen molar-refractivity contribution in [2.45, 2.75) is 19.4 Å². The minimum absolute atomic E-state index is 0.0222. The summed E-state index contributed by atoms with van der Waals surface area (Å²) in [6, 6.07) is 8.12. The van der Waals surface area contributed by atoms with Gasteiger partial charge in [0.25, 0.3) is 6.01 Å². The van der Waals surface area contributed by atoms with Gasteiger partial charge in [-0.25, -0.2) is 0 Å². The number of aromatic nitrogens is 1. The third-order valence-electron chi connectivity index (χ3n) is 2.88. The van der Waals surface area contributed by atoms with Gasteiger partial charge in [0.1, 0.15) is 11.4 Å². The molecule has 0 amide bonds. The maximum Gasteiger partial charge on any atom is 0.298 e. The van der Waals surface area contributed by atoms with Gasteiger partial charge in [0.2, 0.25) is 0 Å². The third kappa shape index (κ3) is 2.37. The van der Waals surface area contributed by atoms with Gasteiger partial charge in [0.05, 0.1) is 0 Å². The summed E-state index contributed by atoms with van der Waals surface area (Å²) in [6.07, 6.45) is 0.436. The molecule has 0 saturated carbocycles. The second-order valence-corrected chi connectivity index (χ2v) is 4.22. The van der Waals surface area contributed by atoms with Gasteiger partial charge in [-0.1, -0.05) is 17.3 Å². The Labute approximate surface area is 105 Å². The molecule has 0 bridgehead atoms. The average molecular weight is 248 g/mol. The Morgan fingerprint density at radius 3 is 2.94 bits per heavy atom. The van der Waals surface area contributed by atoms with E-state index in [4.69, 9.17) is 15.4 Å². The van der Waals surface area contributed by atoms with Crippen molar-refractivity contribution in [2.75, 3.05) is 11.9 Å². The molecule has 3 N–H and O–H groups in total. The van der Waals surface area contributed by atoms with Crippen LogP contribution in [0.15, 0.2) is 33.8 Å². The van der Waals surface area contributed by atoms with Crippen LogP contribution in [-0.4, -0.2) is 29.1 Å². The molecule has 2 rings (SSSR count). The number of para-hydroxylation sites is 2. The molecule has 96 valence electrons. The lowest BCUT2D eigenvalue weighted by molar-refractivity contribution is 0.316. The van der Waals surface area contributed by atoms with E-state index in [-0.39, 0.29) is 11.9 Å². The van der Waals surface area contributed by atoms with Crippen LogP contribution < -0.4 is 10.6 Å². The van der Waals surface area contributed by atoms with Crippen LogP contribution in [0, 0.1) is 0 Å². The van der Waals surface area contributed by atoms with Crippen molar-refractivity contribution in [1.29, 1.82) is 0 Å². The lowest BCUT2D eigenvalue weighted by Crippen LogP contribution is -2.33. The number of nitrogens with two attached hydrogens (primary N) is 1. The number of hydrogen-bond donors (Lipinski definition) is 2. The molecule has 1 aromatic carbocycles. The number of amidine groups is 1. The van der Waals surface area contributed by atoms with E-state index in [0.717, 1.165) is 11.1 Å². The maximum atomic E-state index is 8.56. The van der Waals surface area contributed by atoms with Crippen molar-refractivity contribution in [3.63, 3.8) is 0 Å². The molecular formula is C12H16N4O2. The van der Waals surface area contributed by atoms with Gasteiger partial charge in [0.15, 0.2) is 5.58 Å². The standard InChI is InChI=1S/C12H16N4O2/c1-8(7-11(13)15-17)16(2)12-14-9-5-3-4-6-10(9)18-12/h3-6,8,17H,7H2,1-2H3,(H2,13,15). The van der Waals surface area contributed by atoms with Crippen LogP contribution in [-0.2, 0) is 0 Å². The third-order valence-corrected chi connectivity index (χ3v) is 2.88. The van der Waals surface area contributed by atoms with Crippen molar-refractivity contribution in [3.8, 4) is 0 Å². The lowest BCUT2D eigenvalue weighted by Gasteiger charge is -2.22. The Bertz CT molecular complexity index is 531. The summed E-state index contributed by atoms with van der Waals surface area (Å²) in [5.74, 6) is 0.186. The summed E-state index contributed by atoms with van der Waals surface area (Å²) >= 11 is 0. The van der Waals surface area contributed by atoms with E-state index in [1.807, 2.05) is 43.1 Å². The quantitative estimate of drug-likeness (QED) is 0.373. The molecule has 0 fully saturated rings. The van der Waals surface area contributed by atoms with E-state index in [2.05, 4.69) is 10.1 Å². The van der Waals surface area contributed by atoms with Crippen molar-refractivity contribution >= 4 is 22.9 Å². The van der Waals surface area contributed by atoms with E-state index < -0.39 is 0 Å². The molecule has 6 nitrogen and oxygen atoms in total. The first-order valence-corrected chi connectivity index (χ1v) is 5.66. The van der Waals surface area contributed by atoms with Crippen LogP contribution in [0.5, 0.6) is 0 Å². The number of fused-ring (bicyclic) bond motifs is 1. The normalized spacial score (nSPS) is 13.8. The monoisotopic (exact) mass is 248 g/mol. The summed E-state index contributed by atoms with van der Waals surface area (Å²) < 4.78 is 5.64. The van der Waals surface area contributed by atoms with E-state index in [0.29, 0.717) is 12.4 Å². The smallest absolute Gasteiger partial charge is 0.298 e. The Morgan fingerprint density at radius 1 is 1.56 bits per heavy atom. The molecule has 0 aliphatic heterocycles. The topological polar surface area (TPSA) is 87.9 Å². The molecule has 1 heterocycles. The van der Waals surface area contributed by atoms with Crippen LogP contribution >= 0.6 is 0 Å². The number of benzene rings is 1. The van der Waals surface area contributed by atoms with Gasteiger partial charge < -0.3 is 20.3 Å². The molecular weight excluding hydrogens is 232 g/mol. The maximum absolute atomic E-state index is 8.56. The zero-order valence-corrected chi connectivity index (χ0v) is 10.4. The van der Waals surface area contributed by atoms with Gasteiger partial charge in [-0.15, -0.1) is 0 Å². The number of anilines is 1. The Hall–Kier alpha value is -2.24. The van der Waals surface area contributed by atoms with Crippen molar-refractivity contribution < 1.29 is 9.62 Å². The van der Waals surface area contributed by atoms with E-state index >= 15 is 0 Å². The fraction of sp³-hybridized carbons (Fsp3) is 0.333. The predicted octanol–water partition coefficient (Wildman–Crippen LogP) is 1.79. The van der Waals surface area contributed by atoms with Crippen LogP contribution in [0.3, 0.4) is 0 Å². The molecule has 2 aromatic rings. The Balaban J connectivity index is 2.19. The fourth-order valence-electron chi connectivity index (χ4n) is 1.68. The first-order valence-electron chi connectivity index (χ1n) is 5.66. The number of rotatable bonds is 4. The highest BCUT2D eigenvalue weighted by Crippen LogP contribution is 2.22. The van der Waals surface area contributed by atoms with E-state index in [1.54, 1.807) is 0 Å². The Morgan fingerprint density at radius 2 is 2.28 bits per heavy atom. The molecule has 0 spiro atoms. The van der Waals surface area contributed by atoms with Crippen LogP contribution in [0.25, 0.3) is 11.1 Å². The summed E-state index contributed by atoms with van der Waals surface area (Å²) in [5.41, 5.74) is 7.05. The molecule has 18 heavy (non-hydrogen) atoms. The predicted molar refractivity (Wildman–Crippen MR) is 69.9 cm³/mol. The molecule has 0 saturated heterocycles. The molecule has 0 aliphatic rings. The number of oxazole rings is 1. The fourth-order valence-corrected chi connectivity index (χ4v) is 1.68. The summed E-state index contributed by atoms with van der Waals surface area (Å²) in [7, 11) is 1.86. The second-order valence-electron chi connectivity index (χ2n) is 4.22. The zero-order chi connectivity index (χ0) is 13.1. The number of hydrogen-bond acceptors (Lipinski definition) is 5. The summed E-state index contributed by atoms with van der Waals surface area (Å²) in [4.78, 5) is 6.24. The molecule has 1 atom stereocenters. The van der Waals surface area contributed by atoms with Gasteiger partial charge in [-0.3, -0.25) is 0 Å². The van der Waals surface area contributed by atoms with E-state index in [1.165, 1.54) is 0 Å². The minimum atomic E-state index is 0.0222.